The van der Waals surface area contributed by atoms with Gasteiger partial charge in [0.05, 0.1) is 10.5 Å². The summed E-state index contributed by atoms with van der Waals surface area (Å²) in [6, 6.07) is 14.8. The minimum Gasteiger partial charge on any atom is -0.372 e. The molecule has 0 saturated carbocycles. The number of amides is 1. The zero-order valence-corrected chi connectivity index (χ0v) is 19.6. The van der Waals surface area contributed by atoms with E-state index >= 15 is 0 Å². The van der Waals surface area contributed by atoms with E-state index in [4.69, 9.17) is 0 Å². The van der Waals surface area contributed by atoms with Gasteiger partial charge in [0.1, 0.15) is 0 Å². The van der Waals surface area contributed by atoms with Crippen LogP contribution < -0.4 is 10.2 Å². The molecule has 0 unspecified atom stereocenters. The predicted octanol–water partition coefficient (Wildman–Crippen LogP) is 3.88. The Morgan fingerprint density at radius 2 is 1.83 bits per heavy atom. The highest BCUT2D eigenvalue weighted by Gasteiger charge is 2.28. The number of sulfonamides is 1. The van der Waals surface area contributed by atoms with Crippen molar-refractivity contribution >= 4 is 37.5 Å². The number of carbonyl (C=O) groups is 1. The van der Waals surface area contributed by atoms with E-state index in [2.05, 4.69) is 45.2 Å². The minimum absolute atomic E-state index is 0.166. The summed E-state index contributed by atoms with van der Waals surface area (Å²) >= 11 is 3.38. The van der Waals surface area contributed by atoms with Crippen LogP contribution in [0.2, 0.25) is 0 Å². The van der Waals surface area contributed by atoms with Crippen molar-refractivity contribution in [3.05, 3.63) is 58.6 Å². The van der Waals surface area contributed by atoms with Gasteiger partial charge in [0, 0.05) is 42.9 Å². The van der Waals surface area contributed by atoms with Crippen LogP contribution in [0.3, 0.4) is 0 Å². The van der Waals surface area contributed by atoms with Gasteiger partial charge in [0.15, 0.2) is 0 Å². The van der Waals surface area contributed by atoms with Gasteiger partial charge < -0.3 is 10.2 Å². The van der Waals surface area contributed by atoms with E-state index in [1.807, 2.05) is 18.2 Å². The van der Waals surface area contributed by atoms with E-state index < -0.39 is 10.0 Å². The van der Waals surface area contributed by atoms with E-state index in [0.717, 1.165) is 38.0 Å². The molecule has 162 valence electrons. The molecule has 6 nitrogen and oxygen atoms in total. The van der Waals surface area contributed by atoms with Gasteiger partial charge in [-0.05, 0) is 72.4 Å². The van der Waals surface area contributed by atoms with Crippen molar-refractivity contribution in [2.45, 2.75) is 31.1 Å². The largest absolute Gasteiger partial charge is 0.372 e. The van der Waals surface area contributed by atoms with Gasteiger partial charge in [0.25, 0.3) is 5.91 Å². The molecule has 1 aliphatic rings. The van der Waals surface area contributed by atoms with E-state index in [1.54, 1.807) is 12.1 Å². The molecular formula is C22H28BrN3O3S. The first kappa shape index (κ1) is 22.8. The summed E-state index contributed by atoms with van der Waals surface area (Å²) in [6.45, 7) is 5.41. The van der Waals surface area contributed by atoms with Gasteiger partial charge >= 0.3 is 0 Å². The molecule has 1 saturated heterocycles. The van der Waals surface area contributed by atoms with Crippen LogP contribution >= 0.6 is 15.9 Å². The van der Waals surface area contributed by atoms with Gasteiger partial charge in [-0.15, -0.1) is 0 Å². The molecule has 0 aromatic heterocycles. The summed E-state index contributed by atoms with van der Waals surface area (Å²) < 4.78 is 27.7. The molecule has 0 aliphatic carbocycles. The molecule has 8 heteroatoms. The maximum Gasteiger partial charge on any atom is 0.252 e. The van der Waals surface area contributed by atoms with Gasteiger partial charge in [-0.3, -0.25) is 4.79 Å². The number of hydrogen-bond acceptors (Lipinski definition) is 4. The summed E-state index contributed by atoms with van der Waals surface area (Å²) in [5.41, 5.74) is 1.50. The molecule has 2 aromatic carbocycles. The maximum absolute atomic E-state index is 12.8. The summed E-state index contributed by atoms with van der Waals surface area (Å²) in [6.07, 6.45) is 2.54. The molecule has 1 fully saturated rings. The van der Waals surface area contributed by atoms with Gasteiger partial charge in [-0.1, -0.05) is 18.2 Å². The number of carbonyl (C=O) groups excluding carboxylic acids is 1. The smallest absolute Gasteiger partial charge is 0.252 e. The van der Waals surface area contributed by atoms with Crippen molar-refractivity contribution in [3.63, 3.8) is 0 Å². The highest BCUT2D eigenvalue weighted by Crippen LogP contribution is 2.25. The number of nitrogens with one attached hydrogen (secondary N) is 1. The molecule has 0 spiro atoms. The van der Waals surface area contributed by atoms with E-state index in [-0.39, 0.29) is 10.8 Å². The first-order valence-corrected chi connectivity index (χ1v) is 12.5. The summed E-state index contributed by atoms with van der Waals surface area (Å²) in [7, 11) is -3.56. The molecule has 2 aromatic rings. The lowest BCUT2D eigenvalue weighted by atomic mass is 10.2. The molecule has 1 aliphatic heterocycles. The van der Waals surface area contributed by atoms with Crippen LogP contribution in [-0.4, -0.2) is 51.4 Å². The lowest BCUT2D eigenvalue weighted by molar-refractivity contribution is 0.0952. The second-order valence-electron chi connectivity index (χ2n) is 7.28. The van der Waals surface area contributed by atoms with Crippen molar-refractivity contribution in [1.29, 1.82) is 0 Å². The van der Waals surface area contributed by atoms with Gasteiger partial charge in [0.2, 0.25) is 10.0 Å². The fourth-order valence-corrected chi connectivity index (χ4v) is 5.56. The quantitative estimate of drug-likeness (QED) is 0.538. The molecule has 0 radical (unpaired) electrons. The normalized spacial score (nSPS) is 14.6. The third-order valence-corrected chi connectivity index (χ3v) is 7.86. The highest BCUT2D eigenvalue weighted by molar-refractivity contribution is 9.10. The lowest BCUT2D eigenvalue weighted by Crippen LogP contribution is -2.31. The third-order valence-electron chi connectivity index (χ3n) is 5.28. The average Bonchev–Trinajstić information content (AvgIpc) is 3.30. The Kier molecular flexibility index (Phi) is 7.91. The van der Waals surface area contributed by atoms with Crippen molar-refractivity contribution in [3.8, 4) is 0 Å². The number of nitrogens with zero attached hydrogens (tertiary/aromatic N) is 2. The second-order valence-corrected chi connectivity index (χ2v) is 10.1. The summed E-state index contributed by atoms with van der Waals surface area (Å²) in [5.74, 6) is -0.275. The number of anilines is 1. The zero-order chi connectivity index (χ0) is 21.6. The first-order chi connectivity index (χ1) is 14.4. The van der Waals surface area contributed by atoms with Crippen molar-refractivity contribution in [2.75, 3.05) is 37.6 Å². The second kappa shape index (κ2) is 10.4. The van der Waals surface area contributed by atoms with E-state index in [1.165, 1.54) is 10.4 Å². The SMILES string of the molecule is CCN(CCCNC(=O)c1cc(S(=O)(=O)N2CCCC2)ccc1Br)c1ccccc1. The number of halogens is 1. The van der Waals surface area contributed by atoms with Crippen LogP contribution in [0, 0.1) is 0 Å². The molecule has 30 heavy (non-hydrogen) atoms. The van der Waals surface area contributed by atoms with Crippen LogP contribution in [0.1, 0.15) is 36.5 Å². The van der Waals surface area contributed by atoms with Gasteiger partial charge in [-0.2, -0.15) is 4.31 Å². The minimum atomic E-state index is -3.56. The van der Waals surface area contributed by atoms with Crippen molar-refractivity contribution < 1.29 is 13.2 Å². The fourth-order valence-electron chi connectivity index (χ4n) is 3.59. The summed E-state index contributed by atoms with van der Waals surface area (Å²) in [4.78, 5) is 15.1. The van der Waals surface area contributed by atoms with E-state index in [0.29, 0.717) is 29.7 Å². The average molecular weight is 494 g/mol. The van der Waals surface area contributed by atoms with Crippen molar-refractivity contribution in [1.82, 2.24) is 9.62 Å². The van der Waals surface area contributed by atoms with Crippen LogP contribution in [-0.2, 0) is 10.0 Å². The Balaban J connectivity index is 1.60. The van der Waals surface area contributed by atoms with E-state index in [9.17, 15) is 13.2 Å². The van der Waals surface area contributed by atoms with Crippen molar-refractivity contribution in [2.24, 2.45) is 0 Å². The number of para-hydroxylation sites is 1. The Morgan fingerprint density at radius 3 is 2.50 bits per heavy atom. The Bertz CT molecular complexity index is 961. The Morgan fingerprint density at radius 1 is 1.13 bits per heavy atom. The third kappa shape index (κ3) is 5.42. The number of hydrogen-bond donors (Lipinski definition) is 1. The molecule has 1 heterocycles. The Hall–Kier alpha value is -1.90. The number of rotatable bonds is 9. The summed E-state index contributed by atoms with van der Waals surface area (Å²) in [5, 5.41) is 2.91. The zero-order valence-electron chi connectivity index (χ0n) is 17.2. The highest BCUT2D eigenvalue weighted by atomic mass is 79.9. The topological polar surface area (TPSA) is 69.7 Å². The van der Waals surface area contributed by atoms with Crippen LogP contribution in [0.15, 0.2) is 57.9 Å². The molecular weight excluding hydrogens is 466 g/mol. The molecule has 0 atom stereocenters. The first-order valence-electron chi connectivity index (χ1n) is 10.3. The predicted molar refractivity (Wildman–Crippen MR) is 123 cm³/mol. The van der Waals surface area contributed by atoms with Crippen LogP contribution in [0.4, 0.5) is 5.69 Å². The van der Waals surface area contributed by atoms with Crippen LogP contribution in [0.5, 0.6) is 0 Å². The standard InChI is InChI=1S/C22H28BrN3O3S/c1-2-25(18-9-4-3-5-10-18)14-8-13-24-22(27)20-17-19(11-12-21(20)23)30(28,29)26-15-6-7-16-26/h3-5,9-12,17H,2,6-8,13-16H2,1H3,(H,24,27). The maximum atomic E-state index is 12.8. The fraction of sp³-hybridized carbons (Fsp3) is 0.409. The molecule has 1 amide bonds. The lowest BCUT2D eigenvalue weighted by Gasteiger charge is -2.23. The molecule has 1 N–H and O–H groups in total. The van der Waals surface area contributed by atoms with Gasteiger partial charge in [-0.25, -0.2) is 8.42 Å². The molecule has 0 bridgehead atoms. The van der Waals surface area contributed by atoms with Crippen LogP contribution in [0.25, 0.3) is 0 Å². The molecule has 3 rings (SSSR count). The number of benzene rings is 2. The Labute approximate surface area is 187 Å². The monoisotopic (exact) mass is 493 g/mol.